The van der Waals surface area contributed by atoms with E-state index in [0.717, 1.165) is 12.0 Å². The van der Waals surface area contributed by atoms with Gasteiger partial charge in [0.1, 0.15) is 5.82 Å². The van der Waals surface area contributed by atoms with Gasteiger partial charge in [0.05, 0.1) is 0 Å². The lowest BCUT2D eigenvalue weighted by molar-refractivity contribution is 0.573. The fraction of sp³-hybridized carbons (Fsp3) is 0.400. The van der Waals surface area contributed by atoms with Crippen LogP contribution in [0.4, 0.5) is 4.39 Å². The summed E-state index contributed by atoms with van der Waals surface area (Å²) in [6, 6.07) is 4.70. The van der Waals surface area contributed by atoms with Crippen molar-refractivity contribution in [3.8, 4) is 0 Å². The SMILES string of the molecule is CCC(NC)c1ccc(F)cc1Cl. The zero-order valence-corrected chi connectivity index (χ0v) is 8.53. The van der Waals surface area contributed by atoms with E-state index in [9.17, 15) is 4.39 Å². The number of hydrogen-bond donors (Lipinski definition) is 1. The first-order valence-electron chi connectivity index (χ1n) is 4.31. The van der Waals surface area contributed by atoms with Crippen LogP contribution in [-0.2, 0) is 0 Å². The fourth-order valence-electron chi connectivity index (χ4n) is 1.36. The molecule has 0 fully saturated rings. The molecular formula is C10H13ClFN. The van der Waals surface area contributed by atoms with E-state index in [4.69, 9.17) is 11.6 Å². The number of halogens is 2. The predicted molar refractivity (Wildman–Crippen MR) is 53.5 cm³/mol. The maximum absolute atomic E-state index is 12.7. The van der Waals surface area contributed by atoms with Crippen LogP contribution < -0.4 is 5.32 Å². The normalized spacial score (nSPS) is 12.9. The zero-order valence-electron chi connectivity index (χ0n) is 7.77. The van der Waals surface area contributed by atoms with Gasteiger partial charge in [0, 0.05) is 11.1 Å². The van der Waals surface area contributed by atoms with Gasteiger partial charge in [-0.2, -0.15) is 0 Å². The van der Waals surface area contributed by atoms with Crippen molar-refractivity contribution < 1.29 is 4.39 Å². The van der Waals surface area contributed by atoms with Crippen LogP contribution >= 0.6 is 11.6 Å². The third-order valence-corrected chi connectivity index (χ3v) is 2.42. The summed E-state index contributed by atoms with van der Waals surface area (Å²) in [4.78, 5) is 0. The van der Waals surface area contributed by atoms with Crippen molar-refractivity contribution in [3.63, 3.8) is 0 Å². The molecule has 1 aromatic rings. The Kier molecular flexibility index (Phi) is 3.70. The Morgan fingerprint density at radius 1 is 1.54 bits per heavy atom. The number of rotatable bonds is 3. The van der Waals surface area contributed by atoms with E-state index >= 15 is 0 Å². The summed E-state index contributed by atoms with van der Waals surface area (Å²) in [5.74, 6) is -0.292. The highest BCUT2D eigenvalue weighted by atomic mass is 35.5. The average molecular weight is 202 g/mol. The Morgan fingerprint density at radius 2 is 2.23 bits per heavy atom. The van der Waals surface area contributed by atoms with Crippen LogP contribution in [0.3, 0.4) is 0 Å². The van der Waals surface area contributed by atoms with Crippen LogP contribution in [0.1, 0.15) is 24.9 Å². The quantitative estimate of drug-likeness (QED) is 0.792. The van der Waals surface area contributed by atoms with E-state index in [1.807, 2.05) is 7.05 Å². The van der Waals surface area contributed by atoms with Crippen LogP contribution in [0.25, 0.3) is 0 Å². The Labute approximate surface area is 82.9 Å². The minimum absolute atomic E-state index is 0.202. The average Bonchev–Trinajstić information content (AvgIpc) is 2.10. The minimum atomic E-state index is -0.292. The topological polar surface area (TPSA) is 12.0 Å². The van der Waals surface area contributed by atoms with Crippen LogP contribution in [-0.4, -0.2) is 7.05 Å². The molecule has 0 saturated carbocycles. The highest BCUT2D eigenvalue weighted by molar-refractivity contribution is 6.31. The van der Waals surface area contributed by atoms with E-state index in [2.05, 4.69) is 12.2 Å². The summed E-state index contributed by atoms with van der Waals surface area (Å²) in [5.41, 5.74) is 0.952. The first-order valence-corrected chi connectivity index (χ1v) is 4.69. The second-order valence-corrected chi connectivity index (χ2v) is 3.32. The third-order valence-electron chi connectivity index (χ3n) is 2.09. The van der Waals surface area contributed by atoms with E-state index < -0.39 is 0 Å². The van der Waals surface area contributed by atoms with Gasteiger partial charge >= 0.3 is 0 Å². The van der Waals surface area contributed by atoms with Gasteiger partial charge in [-0.1, -0.05) is 24.6 Å². The first-order chi connectivity index (χ1) is 6.19. The van der Waals surface area contributed by atoms with Gasteiger partial charge < -0.3 is 5.32 Å². The molecule has 0 heterocycles. The fourth-order valence-corrected chi connectivity index (χ4v) is 1.66. The third kappa shape index (κ3) is 2.42. The van der Waals surface area contributed by atoms with Crippen LogP contribution in [0.5, 0.6) is 0 Å². The van der Waals surface area contributed by atoms with Gasteiger partial charge in [-0.25, -0.2) is 4.39 Å². The van der Waals surface area contributed by atoms with Crippen LogP contribution in [0, 0.1) is 5.82 Å². The van der Waals surface area contributed by atoms with E-state index in [1.165, 1.54) is 12.1 Å². The molecule has 1 aromatic carbocycles. The molecule has 0 aliphatic carbocycles. The van der Waals surface area contributed by atoms with Crippen molar-refractivity contribution >= 4 is 11.6 Å². The molecule has 3 heteroatoms. The molecule has 0 bridgehead atoms. The Morgan fingerprint density at radius 3 is 2.69 bits per heavy atom. The van der Waals surface area contributed by atoms with Gasteiger partial charge in [-0.15, -0.1) is 0 Å². The minimum Gasteiger partial charge on any atom is -0.313 e. The molecule has 0 radical (unpaired) electrons. The smallest absolute Gasteiger partial charge is 0.124 e. The lowest BCUT2D eigenvalue weighted by atomic mass is 10.0. The lowest BCUT2D eigenvalue weighted by Crippen LogP contribution is -2.15. The molecule has 0 aliphatic heterocycles. The summed E-state index contributed by atoms with van der Waals surface area (Å²) in [6.45, 7) is 2.06. The van der Waals surface area contributed by atoms with Gasteiger partial charge in [0.2, 0.25) is 0 Å². The van der Waals surface area contributed by atoms with Crippen molar-refractivity contribution in [2.45, 2.75) is 19.4 Å². The largest absolute Gasteiger partial charge is 0.313 e. The summed E-state index contributed by atoms with van der Waals surface area (Å²) in [5, 5.41) is 3.61. The molecule has 0 aliphatic rings. The second-order valence-electron chi connectivity index (χ2n) is 2.92. The van der Waals surface area contributed by atoms with Crippen molar-refractivity contribution in [1.82, 2.24) is 5.32 Å². The molecule has 1 N–H and O–H groups in total. The highest BCUT2D eigenvalue weighted by Crippen LogP contribution is 2.25. The lowest BCUT2D eigenvalue weighted by Gasteiger charge is -2.15. The van der Waals surface area contributed by atoms with Gasteiger partial charge in [-0.05, 0) is 31.2 Å². The molecule has 13 heavy (non-hydrogen) atoms. The standard InChI is InChI=1S/C10H13ClFN/c1-3-10(13-2)8-5-4-7(12)6-9(8)11/h4-6,10,13H,3H2,1-2H3. The molecule has 0 aromatic heterocycles. The van der Waals surface area contributed by atoms with E-state index in [1.54, 1.807) is 6.07 Å². The maximum atomic E-state index is 12.7. The van der Waals surface area contributed by atoms with E-state index in [0.29, 0.717) is 5.02 Å². The molecule has 0 saturated heterocycles. The molecule has 1 nitrogen and oxygen atoms in total. The molecule has 0 amide bonds. The number of benzene rings is 1. The summed E-state index contributed by atoms with van der Waals surface area (Å²) >= 11 is 5.90. The predicted octanol–water partition coefficient (Wildman–Crippen LogP) is 3.15. The van der Waals surface area contributed by atoms with Crippen molar-refractivity contribution in [3.05, 3.63) is 34.6 Å². The Bertz CT molecular complexity index is 284. The Balaban J connectivity index is 2.99. The summed E-state index contributed by atoms with van der Waals surface area (Å²) < 4.78 is 12.7. The summed E-state index contributed by atoms with van der Waals surface area (Å²) in [6.07, 6.45) is 0.932. The van der Waals surface area contributed by atoms with Gasteiger partial charge in [-0.3, -0.25) is 0 Å². The van der Waals surface area contributed by atoms with Crippen molar-refractivity contribution in [2.24, 2.45) is 0 Å². The zero-order chi connectivity index (χ0) is 9.84. The van der Waals surface area contributed by atoms with Crippen molar-refractivity contribution in [1.29, 1.82) is 0 Å². The molecule has 1 unspecified atom stereocenters. The maximum Gasteiger partial charge on any atom is 0.124 e. The van der Waals surface area contributed by atoms with Crippen molar-refractivity contribution in [2.75, 3.05) is 7.05 Å². The molecule has 1 atom stereocenters. The van der Waals surface area contributed by atoms with Gasteiger partial charge in [0.25, 0.3) is 0 Å². The molecular weight excluding hydrogens is 189 g/mol. The van der Waals surface area contributed by atoms with Crippen LogP contribution in [0.15, 0.2) is 18.2 Å². The molecule has 1 rings (SSSR count). The van der Waals surface area contributed by atoms with Crippen LogP contribution in [0.2, 0.25) is 5.02 Å². The number of hydrogen-bond acceptors (Lipinski definition) is 1. The first kappa shape index (κ1) is 10.5. The molecule has 0 spiro atoms. The monoisotopic (exact) mass is 201 g/mol. The highest BCUT2D eigenvalue weighted by Gasteiger charge is 2.10. The molecule has 72 valence electrons. The number of nitrogens with one attached hydrogen (secondary N) is 1. The van der Waals surface area contributed by atoms with E-state index in [-0.39, 0.29) is 11.9 Å². The second kappa shape index (κ2) is 4.58. The Hall–Kier alpha value is -0.600. The van der Waals surface area contributed by atoms with Gasteiger partial charge in [0.15, 0.2) is 0 Å². The summed E-state index contributed by atoms with van der Waals surface area (Å²) in [7, 11) is 1.87.